The molecule has 1 heterocycles. The second kappa shape index (κ2) is 4.43. The summed E-state index contributed by atoms with van der Waals surface area (Å²) in [5, 5.41) is 1.12. The number of nitrogens with zero attached hydrogens (tertiary/aromatic N) is 1. The van der Waals surface area contributed by atoms with Crippen LogP contribution >= 0.6 is 63.7 Å². The number of hydrogen-bond donors (Lipinski definition) is 0. The first kappa shape index (κ1) is 12.0. The minimum Gasteiger partial charge on any atom is -0.249 e. The van der Waals surface area contributed by atoms with Crippen LogP contribution in [-0.4, -0.2) is 4.98 Å². The van der Waals surface area contributed by atoms with Crippen molar-refractivity contribution in [1.82, 2.24) is 4.98 Å². The largest absolute Gasteiger partial charge is 0.249 e. The van der Waals surface area contributed by atoms with E-state index in [-0.39, 0.29) is 0 Å². The van der Waals surface area contributed by atoms with E-state index in [0.29, 0.717) is 0 Å². The summed E-state index contributed by atoms with van der Waals surface area (Å²) in [6.07, 6.45) is 0. The van der Waals surface area contributed by atoms with E-state index in [0.717, 1.165) is 21.1 Å². The van der Waals surface area contributed by atoms with E-state index in [1.807, 2.05) is 30.3 Å². The summed E-state index contributed by atoms with van der Waals surface area (Å²) in [4.78, 5) is 4.53. The summed E-state index contributed by atoms with van der Waals surface area (Å²) in [5.41, 5.74) is 1.86. The van der Waals surface area contributed by atoms with Gasteiger partial charge in [-0.1, -0.05) is 69.8 Å². The Morgan fingerprint density at radius 3 is 2.40 bits per heavy atom. The molecule has 1 nitrogen and oxygen atoms in total. The predicted octanol–water partition coefficient (Wildman–Crippen LogP) is 5.29. The zero-order valence-electron chi connectivity index (χ0n) is 7.35. The third-order valence-electron chi connectivity index (χ3n) is 1.94. The Balaban J connectivity index is 2.62. The van der Waals surface area contributed by atoms with Crippen LogP contribution in [0.5, 0.6) is 0 Å². The maximum atomic E-state index is 4.53. The Morgan fingerprint density at radius 1 is 1.00 bits per heavy atom. The zero-order valence-corrected chi connectivity index (χ0v) is 13.7. The molecular weight excluding hydrogens is 454 g/mol. The smallest absolute Gasteiger partial charge is 0.176 e. The van der Waals surface area contributed by atoms with Crippen LogP contribution in [0, 0.1) is 0 Å². The van der Waals surface area contributed by atoms with Crippen LogP contribution in [0.15, 0.2) is 34.8 Å². The molecule has 15 heavy (non-hydrogen) atoms. The lowest BCUT2D eigenvalue weighted by molar-refractivity contribution is 1.20. The van der Waals surface area contributed by atoms with Gasteiger partial charge < -0.3 is 0 Å². The molecule has 78 valence electrons. The molecule has 0 saturated carbocycles. The number of aromatic nitrogens is 1. The number of rotatable bonds is 0. The highest BCUT2D eigenvalue weighted by Gasteiger charge is 2.22. The third kappa shape index (κ3) is 2.81. The quantitative estimate of drug-likeness (QED) is 0.489. The van der Waals surface area contributed by atoms with Gasteiger partial charge in [-0.25, -0.2) is 4.98 Å². The monoisotopic (exact) mass is 455 g/mol. The number of fused-ring (bicyclic) bond motifs is 1. The van der Waals surface area contributed by atoms with Crippen molar-refractivity contribution in [2.24, 2.45) is 0 Å². The average Bonchev–Trinajstić information content (AvgIpc) is 2.15. The van der Waals surface area contributed by atoms with Gasteiger partial charge in [0.25, 0.3) is 0 Å². The molecule has 5 heteroatoms. The molecule has 0 fully saturated rings. The van der Waals surface area contributed by atoms with Crippen LogP contribution in [-0.2, 0) is 2.14 Å². The molecule has 0 aliphatic carbocycles. The molecule has 0 amide bonds. The Labute approximate surface area is 121 Å². The van der Waals surface area contributed by atoms with Crippen molar-refractivity contribution in [2.45, 2.75) is 2.14 Å². The topological polar surface area (TPSA) is 12.9 Å². The van der Waals surface area contributed by atoms with Crippen molar-refractivity contribution >= 4 is 74.6 Å². The lowest BCUT2D eigenvalue weighted by Crippen LogP contribution is -2.00. The van der Waals surface area contributed by atoms with E-state index >= 15 is 0 Å². The standard InChI is InChI=1S/C10H5Br4N/c11-7-2-3-8-6(5-7)1-4-9(15-8)10(12,13)14/h1-5H. The van der Waals surface area contributed by atoms with Gasteiger partial charge in [-0.05, 0) is 24.3 Å². The van der Waals surface area contributed by atoms with E-state index in [9.17, 15) is 0 Å². The van der Waals surface area contributed by atoms with E-state index in [1.54, 1.807) is 0 Å². The fourth-order valence-electron chi connectivity index (χ4n) is 1.25. The molecule has 0 aliphatic rings. The maximum Gasteiger partial charge on any atom is 0.176 e. The molecule has 0 bridgehead atoms. The van der Waals surface area contributed by atoms with E-state index in [1.165, 1.54) is 0 Å². The van der Waals surface area contributed by atoms with E-state index in [2.05, 4.69) is 68.7 Å². The first-order valence-electron chi connectivity index (χ1n) is 4.10. The molecular formula is C10H5Br4N. The van der Waals surface area contributed by atoms with Gasteiger partial charge in [0.2, 0.25) is 0 Å². The van der Waals surface area contributed by atoms with Gasteiger partial charge >= 0.3 is 0 Å². The Hall–Kier alpha value is 0.550. The first-order chi connectivity index (χ1) is 6.97. The summed E-state index contributed by atoms with van der Waals surface area (Å²) >= 11 is 13.8. The second-order valence-electron chi connectivity index (χ2n) is 3.03. The highest BCUT2D eigenvalue weighted by molar-refractivity contribution is 9.38. The van der Waals surface area contributed by atoms with Gasteiger partial charge in [0.15, 0.2) is 2.14 Å². The minimum absolute atomic E-state index is 0.450. The predicted molar refractivity (Wildman–Crippen MR) is 77.9 cm³/mol. The fraction of sp³-hybridized carbons (Fsp3) is 0.100. The molecule has 0 atom stereocenters. The van der Waals surface area contributed by atoms with Gasteiger partial charge in [0, 0.05) is 9.86 Å². The fourth-order valence-corrected chi connectivity index (χ4v) is 2.30. The number of benzene rings is 1. The normalized spacial score (nSPS) is 12.0. The zero-order chi connectivity index (χ0) is 11.1. The first-order valence-corrected chi connectivity index (χ1v) is 7.27. The molecule has 0 aliphatic heterocycles. The van der Waals surface area contributed by atoms with Gasteiger partial charge in [0.1, 0.15) is 0 Å². The van der Waals surface area contributed by atoms with Crippen molar-refractivity contribution in [1.29, 1.82) is 0 Å². The van der Waals surface area contributed by atoms with Crippen molar-refractivity contribution in [3.63, 3.8) is 0 Å². The van der Waals surface area contributed by atoms with E-state index < -0.39 is 2.14 Å². The summed E-state index contributed by atoms with van der Waals surface area (Å²) < 4.78 is 0.612. The minimum atomic E-state index is -0.450. The van der Waals surface area contributed by atoms with Crippen molar-refractivity contribution in [3.8, 4) is 0 Å². The Kier molecular flexibility index (Phi) is 3.55. The SMILES string of the molecule is Brc1ccc2nc(C(Br)(Br)Br)ccc2c1. The lowest BCUT2D eigenvalue weighted by atomic mass is 10.2. The van der Waals surface area contributed by atoms with Gasteiger partial charge in [-0.15, -0.1) is 0 Å². The van der Waals surface area contributed by atoms with Crippen LogP contribution in [0.1, 0.15) is 5.69 Å². The summed E-state index contributed by atoms with van der Waals surface area (Å²) in [6.45, 7) is 0. The number of alkyl halides is 3. The van der Waals surface area contributed by atoms with Crippen LogP contribution in [0.3, 0.4) is 0 Å². The molecule has 0 spiro atoms. The van der Waals surface area contributed by atoms with Crippen molar-refractivity contribution < 1.29 is 0 Å². The highest BCUT2D eigenvalue weighted by atomic mass is 80.0. The second-order valence-corrected chi connectivity index (χ2v) is 10.7. The Bertz CT molecular complexity index is 504. The summed E-state index contributed by atoms with van der Waals surface area (Å²) in [6, 6.07) is 10.0. The van der Waals surface area contributed by atoms with Gasteiger partial charge in [0.05, 0.1) is 11.2 Å². The molecule has 2 rings (SSSR count). The van der Waals surface area contributed by atoms with E-state index in [4.69, 9.17) is 0 Å². The summed E-state index contributed by atoms with van der Waals surface area (Å²) in [7, 11) is 0. The number of pyridine rings is 1. The molecule has 0 radical (unpaired) electrons. The Morgan fingerprint density at radius 2 is 1.73 bits per heavy atom. The van der Waals surface area contributed by atoms with Crippen LogP contribution in [0.25, 0.3) is 10.9 Å². The molecule has 0 unspecified atom stereocenters. The summed E-state index contributed by atoms with van der Waals surface area (Å²) in [5.74, 6) is 0. The third-order valence-corrected chi connectivity index (χ3v) is 3.65. The molecule has 1 aromatic heterocycles. The number of halogens is 4. The number of hydrogen-bond acceptors (Lipinski definition) is 1. The van der Waals surface area contributed by atoms with Crippen molar-refractivity contribution in [2.75, 3.05) is 0 Å². The van der Waals surface area contributed by atoms with Crippen LogP contribution < -0.4 is 0 Å². The van der Waals surface area contributed by atoms with Crippen LogP contribution in [0.4, 0.5) is 0 Å². The molecule has 2 aromatic rings. The molecule has 1 aromatic carbocycles. The average molecular weight is 459 g/mol. The maximum absolute atomic E-state index is 4.53. The molecule has 0 N–H and O–H groups in total. The van der Waals surface area contributed by atoms with Gasteiger partial charge in [-0.3, -0.25) is 0 Å². The molecule has 0 saturated heterocycles. The van der Waals surface area contributed by atoms with Crippen LogP contribution in [0.2, 0.25) is 0 Å². The van der Waals surface area contributed by atoms with Gasteiger partial charge in [-0.2, -0.15) is 0 Å². The van der Waals surface area contributed by atoms with Crippen molar-refractivity contribution in [3.05, 3.63) is 40.5 Å². The lowest BCUT2D eigenvalue weighted by Gasteiger charge is -2.11. The highest BCUT2D eigenvalue weighted by Crippen LogP contribution is 2.43.